The first-order valence-electron chi connectivity index (χ1n) is 3.96. The van der Waals surface area contributed by atoms with Crippen molar-refractivity contribution in [2.24, 2.45) is 0 Å². The third-order valence-corrected chi connectivity index (χ3v) is 2.95. The monoisotopic (exact) mass is 298 g/mol. The first kappa shape index (κ1) is 12.1. The van der Waals surface area contributed by atoms with Gasteiger partial charge in [-0.25, -0.2) is 0 Å². The Morgan fingerprint density at radius 3 is 2.64 bits per heavy atom. The SMILES string of the molecule is CC(O)COc1cc(Cl)c(Br)cc1Cl. The van der Waals surface area contributed by atoms with Crippen LogP contribution in [0.3, 0.4) is 0 Å². The van der Waals surface area contributed by atoms with Crippen LogP contribution in [0.25, 0.3) is 0 Å². The predicted octanol–water partition coefficient (Wildman–Crippen LogP) is 3.52. The average molecular weight is 300 g/mol. The molecule has 14 heavy (non-hydrogen) atoms. The number of benzene rings is 1. The third-order valence-electron chi connectivity index (χ3n) is 1.45. The summed E-state index contributed by atoms with van der Waals surface area (Å²) in [6, 6.07) is 3.26. The van der Waals surface area contributed by atoms with Gasteiger partial charge in [0.05, 0.1) is 16.1 Å². The summed E-state index contributed by atoms with van der Waals surface area (Å²) in [5.41, 5.74) is 0. The van der Waals surface area contributed by atoms with E-state index in [1.54, 1.807) is 19.1 Å². The molecule has 0 saturated heterocycles. The zero-order chi connectivity index (χ0) is 10.7. The molecule has 2 nitrogen and oxygen atoms in total. The molecule has 0 bridgehead atoms. The maximum Gasteiger partial charge on any atom is 0.139 e. The number of aliphatic hydroxyl groups excluding tert-OH is 1. The van der Waals surface area contributed by atoms with E-state index in [2.05, 4.69) is 15.9 Å². The molecule has 78 valence electrons. The summed E-state index contributed by atoms with van der Waals surface area (Å²) in [6.07, 6.45) is -0.534. The Kier molecular flexibility index (Phi) is 4.51. The third kappa shape index (κ3) is 3.31. The summed E-state index contributed by atoms with van der Waals surface area (Å²) in [7, 11) is 0. The van der Waals surface area contributed by atoms with Crippen LogP contribution in [0, 0.1) is 0 Å². The number of aliphatic hydroxyl groups is 1. The maximum atomic E-state index is 9.02. The molecule has 0 amide bonds. The molecule has 0 aliphatic carbocycles. The lowest BCUT2D eigenvalue weighted by molar-refractivity contribution is 0.123. The molecule has 5 heteroatoms. The molecule has 1 aromatic carbocycles. The highest BCUT2D eigenvalue weighted by Crippen LogP contribution is 2.34. The van der Waals surface area contributed by atoms with Crippen LogP contribution in [0.5, 0.6) is 5.75 Å². The molecule has 1 rings (SSSR count). The summed E-state index contributed by atoms with van der Waals surface area (Å²) in [4.78, 5) is 0. The van der Waals surface area contributed by atoms with E-state index in [1.165, 1.54) is 0 Å². The Balaban J connectivity index is 2.82. The van der Waals surface area contributed by atoms with E-state index in [9.17, 15) is 0 Å². The van der Waals surface area contributed by atoms with Crippen LogP contribution in [-0.2, 0) is 0 Å². The molecular weight excluding hydrogens is 291 g/mol. The Bertz CT molecular complexity index is 329. The standard InChI is InChI=1S/C9H9BrCl2O2/c1-5(13)4-14-9-3-7(11)6(10)2-8(9)12/h2-3,5,13H,4H2,1H3. The minimum atomic E-state index is -0.534. The van der Waals surface area contributed by atoms with Crippen LogP contribution < -0.4 is 4.74 Å². The fourth-order valence-corrected chi connectivity index (χ4v) is 1.67. The molecule has 0 radical (unpaired) electrons. The van der Waals surface area contributed by atoms with E-state index in [-0.39, 0.29) is 6.61 Å². The van der Waals surface area contributed by atoms with Gasteiger partial charge in [-0.05, 0) is 28.9 Å². The molecule has 0 heterocycles. The van der Waals surface area contributed by atoms with Gasteiger partial charge in [0.25, 0.3) is 0 Å². The summed E-state index contributed by atoms with van der Waals surface area (Å²) in [5, 5.41) is 10.0. The van der Waals surface area contributed by atoms with Gasteiger partial charge in [0, 0.05) is 10.5 Å². The van der Waals surface area contributed by atoms with Crippen LogP contribution in [-0.4, -0.2) is 17.8 Å². The maximum absolute atomic E-state index is 9.02. The van der Waals surface area contributed by atoms with Gasteiger partial charge in [-0.1, -0.05) is 23.2 Å². The van der Waals surface area contributed by atoms with Gasteiger partial charge in [-0.3, -0.25) is 0 Å². The second kappa shape index (κ2) is 5.21. The fraction of sp³-hybridized carbons (Fsp3) is 0.333. The first-order chi connectivity index (χ1) is 6.50. The molecule has 0 aliphatic heterocycles. The van der Waals surface area contributed by atoms with Crippen LogP contribution >= 0.6 is 39.1 Å². The highest BCUT2D eigenvalue weighted by atomic mass is 79.9. The van der Waals surface area contributed by atoms with Crippen molar-refractivity contribution in [1.29, 1.82) is 0 Å². The lowest BCUT2D eigenvalue weighted by Crippen LogP contribution is -2.12. The van der Waals surface area contributed by atoms with Gasteiger partial charge in [0.15, 0.2) is 0 Å². The van der Waals surface area contributed by atoms with Crippen LogP contribution in [0.1, 0.15) is 6.92 Å². The first-order valence-corrected chi connectivity index (χ1v) is 5.51. The van der Waals surface area contributed by atoms with Gasteiger partial charge < -0.3 is 9.84 Å². The van der Waals surface area contributed by atoms with Crippen molar-refractivity contribution in [3.8, 4) is 5.75 Å². The van der Waals surface area contributed by atoms with Crippen molar-refractivity contribution < 1.29 is 9.84 Å². The molecule has 1 aromatic rings. The second-order valence-corrected chi connectivity index (χ2v) is 4.53. The number of halogens is 3. The fourth-order valence-electron chi connectivity index (χ4n) is 0.825. The molecular formula is C9H9BrCl2O2. The zero-order valence-corrected chi connectivity index (χ0v) is 10.5. The number of hydrogen-bond acceptors (Lipinski definition) is 2. The van der Waals surface area contributed by atoms with Crippen molar-refractivity contribution in [3.05, 3.63) is 26.7 Å². The smallest absolute Gasteiger partial charge is 0.139 e. The van der Waals surface area contributed by atoms with Gasteiger partial charge >= 0.3 is 0 Å². The molecule has 1 unspecified atom stereocenters. The van der Waals surface area contributed by atoms with Crippen molar-refractivity contribution in [2.45, 2.75) is 13.0 Å². The summed E-state index contributed by atoms with van der Waals surface area (Å²) < 4.78 is 5.96. The molecule has 0 fully saturated rings. The van der Waals surface area contributed by atoms with Gasteiger partial charge in [-0.15, -0.1) is 0 Å². The quantitative estimate of drug-likeness (QED) is 0.866. The molecule has 0 saturated carbocycles. The molecule has 0 spiro atoms. The highest BCUT2D eigenvalue weighted by Gasteiger charge is 2.07. The molecule has 1 N–H and O–H groups in total. The Morgan fingerprint density at radius 1 is 1.43 bits per heavy atom. The van der Waals surface area contributed by atoms with Crippen LogP contribution in [0.2, 0.25) is 10.0 Å². The van der Waals surface area contributed by atoms with Crippen molar-refractivity contribution in [3.63, 3.8) is 0 Å². The minimum Gasteiger partial charge on any atom is -0.489 e. The zero-order valence-electron chi connectivity index (χ0n) is 7.43. The van der Waals surface area contributed by atoms with Gasteiger partial charge in [0.1, 0.15) is 12.4 Å². The number of rotatable bonds is 3. The van der Waals surface area contributed by atoms with Crippen molar-refractivity contribution >= 4 is 39.1 Å². The van der Waals surface area contributed by atoms with Gasteiger partial charge in [0.2, 0.25) is 0 Å². The Labute approximate surface area is 101 Å². The van der Waals surface area contributed by atoms with Crippen LogP contribution in [0.15, 0.2) is 16.6 Å². The topological polar surface area (TPSA) is 29.5 Å². The Hall–Kier alpha value is 0.0400. The minimum absolute atomic E-state index is 0.192. The van der Waals surface area contributed by atoms with E-state index in [1.807, 2.05) is 0 Å². The molecule has 0 aliphatic rings. The van der Waals surface area contributed by atoms with Crippen LogP contribution in [0.4, 0.5) is 0 Å². The lowest BCUT2D eigenvalue weighted by Gasteiger charge is -2.10. The molecule has 1 atom stereocenters. The largest absolute Gasteiger partial charge is 0.489 e. The van der Waals surface area contributed by atoms with Gasteiger partial charge in [-0.2, -0.15) is 0 Å². The van der Waals surface area contributed by atoms with E-state index in [0.29, 0.717) is 20.3 Å². The number of hydrogen-bond donors (Lipinski definition) is 1. The van der Waals surface area contributed by atoms with E-state index in [4.69, 9.17) is 33.0 Å². The second-order valence-electron chi connectivity index (χ2n) is 2.86. The average Bonchev–Trinajstić information content (AvgIpc) is 2.09. The predicted molar refractivity (Wildman–Crippen MR) is 61.3 cm³/mol. The summed E-state index contributed by atoms with van der Waals surface area (Å²) >= 11 is 15.0. The number of ether oxygens (including phenoxy) is 1. The molecule has 0 aromatic heterocycles. The lowest BCUT2D eigenvalue weighted by atomic mass is 10.3. The highest BCUT2D eigenvalue weighted by molar-refractivity contribution is 9.10. The summed E-state index contributed by atoms with van der Waals surface area (Å²) in [6.45, 7) is 1.83. The Morgan fingerprint density at radius 2 is 2.07 bits per heavy atom. The van der Waals surface area contributed by atoms with E-state index in [0.717, 1.165) is 0 Å². The summed E-state index contributed by atoms with van der Waals surface area (Å²) in [5.74, 6) is 0.473. The van der Waals surface area contributed by atoms with E-state index < -0.39 is 6.10 Å². The van der Waals surface area contributed by atoms with Crippen molar-refractivity contribution in [1.82, 2.24) is 0 Å². The van der Waals surface area contributed by atoms with Crippen molar-refractivity contribution in [2.75, 3.05) is 6.61 Å². The van der Waals surface area contributed by atoms with E-state index >= 15 is 0 Å². The normalized spacial score (nSPS) is 12.6.